The van der Waals surface area contributed by atoms with Gasteiger partial charge in [0, 0.05) is 62.7 Å². The predicted octanol–water partition coefficient (Wildman–Crippen LogP) is 3.00. The molecule has 1 fully saturated rings. The number of piperazine rings is 1. The van der Waals surface area contributed by atoms with Crippen LogP contribution in [0.1, 0.15) is 23.0 Å². The average molecular weight is 443 g/mol. The fraction of sp³-hybridized carbons (Fsp3) is 0.435. The zero-order chi connectivity index (χ0) is 23.4. The molecule has 0 N–H and O–H groups in total. The first-order valence-corrected chi connectivity index (χ1v) is 10.4. The quantitative estimate of drug-likeness (QED) is 0.636. The van der Waals surface area contributed by atoms with E-state index in [1.54, 1.807) is 39.2 Å². The molecule has 1 aromatic carbocycles. The summed E-state index contributed by atoms with van der Waals surface area (Å²) in [6.45, 7) is 5.65. The highest BCUT2D eigenvalue weighted by atomic mass is 16.5. The maximum Gasteiger partial charge on any atom is 0.324 e. The minimum Gasteiger partial charge on any atom is -0.497 e. The molecule has 9 heteroatoms. The molecule has 0 atom stereocenters. The van der Waals surface area contributed by atoms with Crippen molar-refractivity contribution < 1.29 is 23.8 Å². The Hall–Kier alpha value is -3.49. The number of amides is 2. The largest absolute Gasteiger partial charge is 0.497 e. The van der Waals surface area contributed by atoms with Crippen molar-refractivity contribution in [3.8, 4) is 17.4 Å². The lowest BCUT2D eigenvalue weighted by molar-refractivity contribution is 0.101. The van der Waals surface area contributed by atoms with E-state index in [0.717, 1.165) is 17.2 Å². The first-order chi connectivity index (χ1) is 15.3. The molecule has 0 unspecified atom stereocenters. The zero-order valence-corrected chi connectivity index (χ0v) is 19.5. The monoisotopic (exact) mass is 442 g/mol. The topological polar surface area (TPSA) is 84.4 Å². The van der Waals surface area contributed by atoms with Crippen LogP contribution in [-0.4, -0.2) is 76.3 Å². The van der Waals surface area contributed by atoms with Crippen LogP contribution in [0, 0.1) is 6.92 Å². The van der Waals surface area contributed by atoms with Gasteiger partial charge in [-0.05, 0) is 19.9 Å². The first-order valence-electron chi connectivity index (χ1n) is 10.4. The summed E-state index contributed by atoms with van der Waals surface area (Å²) < 4.78 is 16.1. The third-order valence-corrected chi connectivity index (χ3v) is 5.63. The Bertz CT molecular complexity index is 980. The summed E-state index contributed by atoms with van der Waals surface area (Å²) in [4.78, 5) is 35.0. The summed E-state index contributed by atoms with van der Waals surface area (Å²) in [6, 6.07) is 7.24. The second kappa shape index (κ2) is 9.76. The van der Waals surface area contributed by atoms with Gasteiger partial charge in [-0.25, -0.2) is 9.78 Å². The summed E-state index contributed by atoms with van der Waals surface area (Å²) in [5.74, 6) is 1.64. The van der Waals surface area contributed by atoms with E-state index in [2.05, 4.69) is 9.88 Å². The molecule has 32 heavy (non-hydrogen) atoms. The molecule has 1 saturated heterocycles. The lowest BCUT2D eigenvalue weighted by atomic mass is 10.1. The number of nitrogens with zero attached hydrogens (tertiary/aromatic N) is 4. The predicted molar refractivity (Wildman–Crippen MR) is 123 cm³/mol. The number of rotatable bonds is 6. The van der Waals surface area contributed by atoms with E-state index in [4.69, 9.17) is 14.2 Å². The number of hydrogen-bond acceptors (Lipinski definition) is 7. The number of anilines is 2. The minimum atomic E-state index is -0.175. The molecule has 2 heterocycles. The van der Waals surface area contributed by atoms with E-state index in [1.807, 2.05) is 18.2 Å². The molecule has 172 valence electrons. The summed E-state index contributed by atoms with van der Waals surface area (Å²) in [5, 5.41) is 0. The number of hydrogen-bond donors (Lipinski definition) is 0. The van der Waals surface area contributed by atoms with E-state index < -0.39 is 0 Å². The molecule has 0 spiro atoms. The molecule has 1 aromatic heterocycles. The average Bonchev–Trinajstić information content (AvgIpc) is 2.82. The van der Waals surface area contributed by atoms with Gasteiger partial charge in [-0.1, -0.05) is 0 Å². The summed E-state index contributed by atoms with van der Waals surface area (Å²) in [6.07, 6.45) is 0. The summed E-state index contributed by atoms with van der Waals surface area (Å²) in [7, 11) is 6.41. The SMILES string of the molecule is COc1cc(OC)cc(N2CCN(C(=O)N(C)c3cc(C(C)=O)c(C)nc3OC)CC2)c1. The van der Waals surface area contributed by atoms with Crippen molar-refractivity contribution in [2.24, 2.45) is 0 Å². The van der Waals surface area contributed by atoms with E-state index in [9.17, 15) is 9.59 Å². The van der Waals surface area contributed by atoms with Crippen LogP contribution in [0.4, 0.5) is 16.2 Å². The Morgan fingerprint density at radius 3 is 2.03 bits per heavy atom. The molecule has 0 saturated carbocycles. The highest BCUT2D eigenvalue weighted by molar-refractivity contribution is 5.99. The van der Waals surface area contributed by atoms with Crippen LogP contribution < -0.4 is 24.0 Å². The smallest absolute Gasteiger partial charge is 0.324 e. The standard InChI is InChI=1S/C23H30N4O5/c1-15-20(16(2)28)14-21(22(24-15)32-6)25(3)23(29)27-9-7-26(8-10-27)17-11-18(30-4)13-19(12-17)31-5/h11-14H,7-10H2,1-6H3. The Labute approximate surface area is 188 Å². The van der Waals surface area contributed by atoms with Crippen LogP contribution in [-0.2, 0) is 0 Å². The first kappa shape index (κ1) is 23.2. The van der Waals surface area contributed by atoms with Gasteiger partial charge in [0.2, 0.25) is 5.88 Å². The second-order valence-corrected chi connectivity index (χ2v) is 7.59. The van der Waals surface area contributed by atoms with Crippen LogP contribution >= 0.6 is 0 Å². The van der Waals surface area contributed by atoms with Gasteiger partial charge in [-0.2, -0.15) is 0 Å². The van der Waals surface area contributed by atoms with E-state index in [-0.39, 0.29) is 11.8 Å². The number of ketones is 1. The highest BCUT2D eigenvalue weighted by Gasteiger charge is 2.27. The number of aryl methyl sites for hydroxylation is 1. The van der Waals surface area contributed by atoms with Gasteiger partial charge in [0.15, 0.2) is 5.78 Å². The molecular formula is C23H30N4O5. The number of pyridine rings is 1. The molecule has 9 nitrogen and oxygen atoms in total. The molecular weight excluding hydrogens is 412 g/mol. The fourth-order valence-corrected chi connectivity index (χ4v) is 3.77. The number of Topliss-reactive ketones (excluding diaryl/α,β-unsaturated/α-hetero) is 1. The zero-order valence-electron chi connectivity index (χ0n) is 19.5. The number of carbonyl (C=O) groups excluding carboxylic acids is 2. The number of benzene rings is 1. The van der Waals surface area contributed by atoms with Gasteiger partial charge in [0.25, 0.3) is 0 Å². The number of carbonyl (C=O) groups is 2. The molecule has 2 amide bonds. The summed E-state index contributed by atoms with van der Waals surface area (Å²) >= 11 is 0. The van der Waals surface area contributed by atoms with Crippen molar-refractivity contribution in [3.63, 3.8) is 0 Å². The van der Waals surface area contributed by atoms with Crippen LogP contribution in [0.2, 0.25) is 0 Å². The van der Waals surface area contributed by atoms with Gasteiger partial charge < -0.3 is 24.0 Å². The molecule has 0 radical (unpaired) electrons. The van der Waals surface area contributed by atoms with E-state index >= 15 is 0 Å². The van der Waals surface area contributed by atoms with Gasteiger partial charge in [-0.15, -0.1) is 0 Å². The number of aromatic nitrogens is 1. The highest BCUT2D eigenvalue weighted by Crippen LogP contribution is 2.31. The van der Waals surface area contributed by atoms with Crippen molar-refractivity contribution >= 4 is 23.2 Å². The van der Waals surface area contributed by atoms with Crippen LogP contribution in [0.25, 0.3) is 0 Å². The Morgan fingerprint density at radius 1 is 0.938 bits per heavy atom. The fourth-order valence-electron chi connectivity index (χ4n) is 3.77. The molecule has 1 aliphatic rings. The van der Waals surface area contributed by atoms with Crippen LogP contribution in [0.3, 0.4) is 0 Å². The number of methoxy groups -OCH3 is 3. The lowest BCUT2D eigenvalue weighted by Gasteiger charge is -2.38. The minimum absolute atomic E-state index is 0.109. The van der Waals surface area contributed by atoms with Gasteiger partial charge in [0.1, 0.15) is 17.2 Å². The summed E-state index contributed by atoms with van der Waals surface area (Å²) in [5.41, 5.74) is 2.49. The third-order valence-electron chi connectivity index (χ3n) is 5.63. The van der Waals surface area contributed by atoms with Gasteiger partial charge >= 0.3 is 6.03 Å². The Kier molecular flexibility index (Phi) is 7.07. The maximum atomic E-state index is 13.2. The van der Waals surface area contributed by atoms with E-state index in [0.29, 0.717) is 49.0 Å². The molecule has 2 aromatic rings. The second-order valence-electron chi connectivity index (χ2n) is 7.59. The number of urea groups is 1. The van der Waals surface area contributed by atoms with Crippen molar-refractivity contribution in [2.45, 2.75) is 13.8 Å². The maximum absolute atomic E-state index is 13.2. The van der Waals surface area contributed by atoms with E-state index in [1.165, 1.54) is 18.9 Å². The van der Waals surface area contributed by atoms with Crippen molar-refractivity contribution in [1.82, 2.24) is 9.88 Å². The van der Waals surface area contributed by atoms with Crippen molar-refractivity contribution in [3.05, 3.63) is 35.5 Å². The van der Waals surface area contributed by atoms with Gasteiger partial charge in [0.05, 0.1) is 27.0 Å². The molecule has 0 bridgehead atoms. The third kappa shape index (κ3) is 4.71. The Morgan fingerprint density at radius 2 is 1.53 bits per heavy atom. The Balaban J connectivity index is 1.75. The van der Waals surface area contributed by atoms with Crippen molar-refractivity contribution in [2.75, 3.05) is 64.4 Å². The van der Waals surface area contributed by atoms with Gasteiger partial charge in [-0.3, -0.25) is 9.69 Å². The number of ether oxygens (including phenoxy) is 3. The normalized spacial score (nSPS) is 13.6. The van der Waals surface area contributed by atoms with Crippen molar-refractivity contribution in [1.29, 1.82) is 0 Å². The molecule has 1 aliphatic heterocycles. The molecule has 3 rings (SSSR count). The van der Waals surface area contributed by atoms with Crippen LogP contribution in [0.15, 0.2) is 24.3 Å². The lowest BCUT2D eigenvalue weighted by Crippen LogP contribution is -2.52. The van der Waals surface area contributed by atoms with Crippen LogP contribution in [0.5, 0.6) is 17.4 Å². The molecule has 0 aliphatic carbocycles.